The number of nitrogen functional groups attached to an aromatic ring is 1. The zero-order chi connectivity index (χ0) is 11.0. The maximum absolute atomic E-state index is 5.65. The summed E-state index contributed by atoms with van der Waals surface area (Å²) in [6.07, 6.45) is 4.96. The van der Waals surface area contributed by atoms with Gasteiger partial charge in [0.2, 0.25) is 0 Å². The fraction of sp³-hybridized carbons (Fsp3) is 0.308. The Hall–Kier alpha value is -1.77. The van der Waals surface area contributed by atoms with Crippen LogP contribution in [-0.4, -0.2) is 10.2 Å². The molecule has 16 heavy (non-hydrogen) atoms. The van der Waals surface area contributed by atoms with Gasteiger partial charge in [0.15, 0.2) is 0 Å². The minimum atomic E-state index is 0.559. The van der Waals surface area contributed by atoms with Gasteiger partial charge in [-0.3, -0.25) is 5.10 Å². The van der Waals surface area contributed by atoms with Crippen LogP contribution >= 0.6 is 0 Å². The summed E-state index contributed by atoms with van der Waals surface area (Å²) in [7, 11) is 0. The molecule has 0 unspecified atom stereocenters. The number of hydrogen-bond donors (Lipinski definition) is 2. The van der Waals surface area contributed by atoms with E-state index in [0.29, 0.717) is 5.82 Å². The van der Waals surface area contributed by atoms with Gasteiger partial charge in [0.05, 0.1) is 5.69 Å². The van der Waals surface area contributed by atoms with Crippen LogP contribution in [0.1, 0.15) is 24.0 Å². The quantitative estimate of drug-likeness (QED) is 0.764. The third kappa shape index (κ3) is 1.48. The summed E-state index contributed by atoms with van der Waals surface area (Å²) in [5.41, 5.74) is 10.9. The number of anilines is 1. The number of hydrogen-bond acceptors (Lipinski definition) is 2. The lowest BCUT2D eigenvalue weighted by Crippen LogP contribution is -2.04. The zero-order valence-corrected chi connectivity index (χ0v) is 9.16. The summed E-state index contributed by atoms with van der Waals surface area (Å²) >= 11 is 0. The Morgan fingerprint density at radius 1 is 1.19 bits per heavy atom. The summed E-state index contributed by atoms with van der Waals surface area (Å²) < 4.78 is 0. The molecule has 0 saturated heterocycles. The number of aromatic nitrogens is 2. The van der Waals surface area contributed by atoms with Crippen LogP contribution in [0.5, 0.6) is 0 Å². The molecule has 3 nitrogen and oxygen atoms in total. The highest BCUT2D eigenvalue weighted by molar-refractivity contribution is 5.67. The number of benzene rings is 1. The van der Waals surface area contributed by atoms with Crippen LogP contribution in [0.4, 0.5) is 5.82 Å². The molecule has 1 aliphatic rings. The van der Waals surface area contributed by atoms with Gasteiger partial charge in [-0.1, -0.05) is 18.2 Å². The molecule has 0 bridgehead atoms. The normalized spacial score (nSPS) is 14.8. The number of rotatable bonds is 1. The molecule has 82 valence electrons. The van der Waals surface area contributed by atoms with E-state index >= 15 is 0 Å². The van der Waals surface area contributed by atoms with Crippen molar-refractivity contribution in [1.82, 2.24) is 10.2 Å². The molecular weight excluding hydrogens is 198 g/mol. The predicted molar refractivity (Wildman–Crippen MR) is 65.1 cm³/mol. The molecule has 3 N–H and O–H groups in total. The second-order valence-corrected chi connectivity index (χ2v) is 4.36. The lowest BCUT2D eigenvalue weighted by Gasteiger charge is -2.18. The second-order valence-electron chi connectivity index (χ2n) is 4.36. The van der Waals surface area contributed by atoms with Gasteiger partial charge in [-0.15, -0.1) is 0 Å². The molecule has 1 heterocycles. The Morgan fingerprint density at radius 3 is 2.88 bits per heavy atom. The third-order valence-electron chi connectivity index (χ3n) is 3.28. The van der Waals surface area contributed by atoms with Crippen LogP contribution in [0.2, 0.25) is 0 Å². The van der Waals surface area contributed by atoms with Gasteiger partial charge < -0.3 is 5.73 Å². The summed E-state index contributed by atoms with van der Waals surface area (Å²) in [5, 5.41) is 6.99. The molecule has 0 amide bonds. The lowest BCUT2D eigenvalue weighted by molar-refractivity contribution is 0.686. The molecule has 1 aromatic heterocycles. The van der Waals surface area contributed by atoms with Crippen LogP contribution in [0, 0.1) is 0 Å². The standard InChI is InChI=1S/C13H15N3/c14-13-8-12(15-16-13)11-7-3-5-9-4-1-2-6-10(9)11/h3,5,7-8H,1-2,4,6H2,(H3,14,15,16). The van der Waals surface area contributed by atoms with E-state index in [4.69, 9.17) is 5.73 Å². The highest BCUT2D eigenvalue weighted by Crippen LogP contribution is 2.30. The van der Waals surface area contributed by atoms with E-state index in [0.717, 1.165) is 5.69 Å². The number of aromatic amines is 1. The largest absolute Gasteiger partial charge is 0.382 e. The van der Waals surface area contributed by atoms with Crippen LogP contribution in [0.15, 0.2) is 24.3 Å². The van der Waals surface area contributed by atoms with Crippen molar-refractivity contribution in [1.29, 1.82) is 0 Å². The van der Waals surface area contributed by atoms with Gasteiger partial charge in [-0.2, -0.15) is 5.10 Å². The van der Waals surface area contributed by atoms with Crippen molar-refractivity contribution in [2.75, 3.05) is 5.73 Å². The molecule has 1 aliphatic carbocycles. The number of nitrogens with two attached hydrogens (primary N) is 1. The molecule has 3 rings (SSSR count). The Labute approximate surface area is 94.7 Å². The van der Waals surface area contributed by atoms with Crippen molar-refractivity contribution in [3.8, 4) is 11.3 Å². The van der Waals surface area contributed by atoms with E-state index in [1.165, 1.54) is 42.4 Å². The summed E-state index contributed by atoms with van der Waals surface area (Å²) in [6, 6.07) is 8.41. The van der Waals surface area contributed by atoms with E-state index in [-0.39, 0.29) is 0 Å². The number of H-pyrrole nitrogens is 1. The molecule has 2 aromatic rings. The van der Waals surface area contributed by atoms with Crippen molar-refractivity contribution in [3.05, 3.63) is 35.4 Å². The molecule has 0 spiro atoms. The summed E-state index contributed by atoms with van der Waals surface area (Å²) in [5.74, 6) is 0.559. The monoisotopic (exact) mass is 213 g/mol. The van der Waals surface area contributed by atoms with Gasteiger partial charge in [0, 0.05) is 11.6 Å². The number of nitrogens with zero attached hydrogens (tertiary/aromatic N) is 1. The lowest BCUT2D eigenvalue weighted by atomic mass is 9.87. The molecule has 3 heteroatoms. The Balaban J connectivity index is 2.13. The summed E-state index contributed by atoms with van der Waals surface area (Å²) in [4.78, 5) is 0. The maximum Gasteiger partial charge on any atom is 0.145 e. The fourth-order valence-electron chi connectivity index (χ4n) is 2.51. The first-order chi connectivity index (χ1) is 7.84. The SMILES string of the molecule is Nc1cc(-c2cccc3c2CCCC3)[nH]n1. The fourth-order valence-corrected chi connectivity index (χ4v) is 2.51. The molecule has 0 fully saturated rings. The number of nitrogens with one attached hydrogen (secondary N) is 1. The molecule has 0 radical (unpaired) electrons. The number of aryl methyl sites for hydroxylation is 1. The van der Waals surface area contributed by atoms with Crippen LogP contribution in [0.3, 0.4) is 0 Å². The Kier molecular flexibility index (Phi) is 2.17. The molecule has 1 aromatic carbocycles. The molecule has 0 aliphatic heterocycles. The second kappa shape index (κ2) is 3.67. The molecule has 0 atom stereocenters. The topological polar surface area (TPSA) is 54.7 Å². The number of fused-ring (bicyclic) bond motifs is 1. The first-order valence-electron chi connectivity index (χ1n) is 5.76. The van der Waals surface area contributed by atoms with Gasteiger partial charge >= 0.3 is 0 Å². The first kappa shape index (κ1) is 9.46. The van der Waals surface area contributed by atoms with Crippen molar-refractivity contribution in [2.45, 2.75) is 25.7 Å². The van der Waals surface area contributed by atoms with Gasteiger partial charge in [0.1, 0.15) is 5.82 Å². The molecular formula is C13H15N3. The van der Waals surface area contributed by atoms with Gasteiger partial charge in [0.25, 0.3) is 0 Å². The van der Waals surface area contributed by atoms with Gasteiger partial charge in [-0.25, -0.2) is 0 Å². The smallest absolute Gasteiger partial charge is 0.145 e. The van der Waals surface area contributed by atoms with Gasteiger partial charge in [-0.05, 0) is 36.8 Å². The highest BCUT2D eigenvalue weighted by Gasteiger charge is 2.14. The Morgan fingerprint density at radius 2 is 2.06 bits per heavy atom. The van der Waals surface area contributed by atoms with E-state index < -0.39 is 0 Å². The van der Waals surface area contributed by atoms with E-state index in [1.54, 1.807) is 0 Å². The van der Waals surface area contributed by atoms with Crippen molar-refractivity contribution < 1.29 is 0 Å². The average Bonchev–Trinajstić information content (AvgIpc) is 2.75. The first-order valence-corrected chi connectivity index (χ1v) is 5.76. The van der Waals surface area contributed by atoms with Crippen molar-refractivity contribution in [2.24, 2.45) is 0 Å². The Bertz CT molecular complexity index is 514. The minimum absolute atomic E-state index is 0.559. The van der Waals surface area contributed by atoms with Crippen molar-refractivity contribution in [3.63, 3.8) is 0 Å². The van der Waals surface area contributed by atoms with E-state index in [9.17, 15) is 0 Å². The highest BCUT2D eigenvalue weighted by atomic mass is 15.2. The van der Waals surface area contributed by atoms with Crippen LogP contribution < -0.4 is 5.73 Å². The molecule has 0 saturated carbocycles. The van der Waals surface area contributed by atoms with Crippen LogP contribution in [-0.2, 0) is 12.8 Å². The van der Waals surface area contributed by atoms with Crippen molar-refractivity contribution >= 4 is 5.82 Å². The zero-order valence-electron chi connectivity index (χ0n) is 9.16. The predicted octanol–water partition coefficient (Wildman–Crippen LogP) is 2.54. The van der Waals surface area contributed by atoms with E-state index in [2.05, 4.69) is 28.4 Å². The summed E-state index contributed by atoms with van der Waals surface area (Å²) in [6.45, 7) is 0. The average molecular weight is 213 g/mol. The van der Waals surface area contributed by atoms with Crippen LogP contribution in [0.25, 0.3) is 11.3 Å². The third-order valence-corrected chi connectivity index (χ3v) is 3.28. The minimum Gasteiger partial charge on any atom is -0.382 e. The van der Waals surface area contributed by atoms with E-state index in [1.807, 2.05) is 6.07 Å². The maximum atomic E-state index is 5.65.